The summed E-state index contributed by atoms with van der Waals surface area (Å²) in [6.45, 7) is 5.57. The maximum absolute atomic E-state index is 6.09. The molecular formula is C12H23NO2. The number of hydrogen-bond acceptors (Lipinski definition) is 3. The van der Waals surface area contributed by atoms with Crippen molar-refractivity contribution in [1.29, 1.82) is 0 Å². The van der Waals surface area contributed by atoms with Gasteiger partial charge < -0.3 is 15.2 Å². The summed E-state index contributed by atoms with van der Waals surface area (Å²) in [5.74, 6) is 1.37. The summed E-state index contributed by atoms with van der Waals surface area (Å²) in [6, 6.07) is 0. The van der Waals surface area contributed by atoms with Gasteiger partial charge in [0.25, 0.3) is 0 Å². The Kier molecular flexibility index (Phi) is 3.65. The molecule has 1 heterocycles. The zero-order valence-corrected chi connectivity index (χ0v) is 9.71. The van der Waals surface area contributed by atoms with Crippen LogP contribution in [0.25, 0.3) is 0 Å². The van der Waals surface area contributed by atoms with E-state index in [2.05, 4.69) is 6.92 Å². The van der Waals surface area contributed by atoms with E-state index in [0.717, 1.165) is 45.0 Å². The Morgan fingerprint density at radius 3 is 2.87 bits per heavy atom. The first-order chi connectivity index (χ1) is 7.24. The summed E-state index contributed by atoms with van der Waals surface area (Å²) in [5, 5.41) is 0. The Bertz CT molecular complexity index is 204. The number of ether oxygens (including phenoxy) is 2. The average Bonchev–Trinajstić information content (AvgIpc) is 2.85. The lowest BCUT2D eigenvalue weighted by molar-refractivity contribution is -0.0525. The topological polar surface area (TPSA) is 44.5 Å². The van der Waals surface area contributed by atoms with Crippen LogP contribution < -0.4 is 5.73 Å². The molecule has 3 atom stereocenters. The van der Waals surface area contributed by atoms with E-state index < -0.39 is 0 Å². The highest BCUT2D eigenvalue weighted by Crippen LogP contribution is 2.37. The highest BCUT2D eigenvalue weighted by Gasteiger charge is 2.37. The second-order valence-electron chi connectivity index (χ2n) is 5.28. The van der Waals surface area contributed by atoms with E-state index in [-0.39, 0.29) is 5.60 Å². The molecule has 0 radical (unpaired) electrons. The molecule has 3 unspecified atom stereocenters. The maximum Gasteiger partial charge on any atom is 0.0806 e. The van der Waals surface area contributed by atoms with E-state index in [1.54, 1.807) is 0 Å². The third-order valence-electron chi connectivity index (χ3n) is 3.83. The van der Waals surface area contributed by atoms with Crippen LogP contribution in [0.5, 0.6) is 0 Å². The molecule has 1 saturated heterocycles. The predicted octanol–water partition coefficient (Wildman–Crippen LogP) is 1.56. The lowest BCUT2D eigenvalue weighted by Crippen LogP contribution is -2.39. The van der Waals surface area contributed by atoms with Crippen molar-refractivity contribution >= 4 is 0 Å². The first-order valence-electron chi connectivity index (χ1n) is 6.16. The minimum Gasteiger partial charge on any atom is -0.381 e. The van der Waals surface area contributed by atoms with Gasteiger partial charge >= 0.3 is 0 Å². The van der Waals surface area contributed by atoms with Crippen molar-refractivity contribution in [2.45, 2.75) is 38.2 Å². The minimum absolute atomic E-state index is 0.0119. The summed E-state index contributed by atoms with van der Waals surface area (Å²) < 4.78 is 11.4. The second-order valence-corrected chi connectivity index (χ2v) is 5.28. The fourth-order valence-corrected chi connectivity index (χ4v) is 2.73. The third-order valence-corrected chi connectivity index (χ3v) is 3.83. The van der Waals surface area contributed by atoms with Crippen molar-refractivity contribution in [3.63, 3.8) is 0 Å². The molecule has 0 spiro atoms. The van der Waals surface area contributed by atoms with Crippen LogP contribution in [-0.2, 0) is 9.47 Å². The molecule has 88 valence electrons. The van der Waals surface area contributed by atoms with Crippen LogP contribution in [0, 0.1) is 11.8 Å². The quantitative estimate of drug-likeness (QED) is 0.770. The van der Waals surface area contributed by atoms with Gasteiger partial charge in [-0.3, -0.25) is 0 Å². The molecule has 0 amide bonds. The van der Waals surface area contributed by atoms with E-state index in [1.165, 1.54) is 6.42 Å². The van der Waals surface area contributed by atoms with E-state index in [0.29, 0.717) is 12.5 Å². The first-order valence-corrected chi connectivity index (χ1v) is 6.16. The Balaban J connectivity index is 1.80. The maximum atomic E-state index is 6.09. The lowest BCUT2D eigenvalue weighted by atomic mass is 10.00. The van der Waals surface area contributed by atoms with Gasteiger partial charge in [-0.05, 0) is 31.6 Å². The van der Waals surface area contributed by atoms with Crippen LogP contribution in [-0.4, -0.2) is 32.0 Å². The van der Waals surface area contributed by atoms with Crippen LogP contribution in [0.2, 0.25) is 0 Å². The Morgan fingerprint density at radius 2 is 2.33 bits per heavy atom. The van der Waals surface area contributed by atoms with Crippen LogP contribution in [0.4, 0.5) is 0 Å². The van der Waals surface area contributed by atoms with Gasteiger partial charge in [-0.1, -0.05) is 6.92 Å². The van der Waals surface area contributed by atoms with Crippen molar-refractivity contribution in [1.82, 2.24) is 0 Å². The lowest BCUT2D eigenvalue weighted by Gasteiger charge is -2.29. The molecule has 0 aromatic carbocycles. The number of nitrogens with two attached hydrogens (primary N) is 1. The van der Waals surface area contributed by atoms with Crippen molar-refractivity contribution in [2.75, 3.05) is 26.4 Å². The van der Waals surface area contributed by atoms with Crippen LogP contribution in [0.1, 0.15) is 32.6 Å². The van der Waals surface area contributed by atoms with E-state index in [4.69, 9.17) is 15.2 Å². The predicted molar refractivity (Wildman–Crippen MR) is 59.7 cm³/mol. The molecule has 0 aromatic heterocycles. The van der Waals surface area contributed by atoms with Crippen LogP contribution >= 0.6 is 0 Å². The molecular weight excluding hydrogens is 190 g/mol. The van der Waals surface area contributed by atoms with Gasteiger partial charge in [-0.2, -0.15) is 0 Å². The SMILES string of the molecule is CC1CCC(CN)(OCC2CCOC2)C1. The molecule has 2 fully saturated rings. The monoisotopic (exact) mass is 213 g/mol. The van der Waals surface area contributed by atoms with Gasteiger partial charge in [-0.15, -0.1) is 0 Å². The summed E-state index contributed by atoms with van der Waals surface area (Å²) in [6.07, 6.45) is 4.68. The van der Waals surface area contributed by atoms with Gasteiger partial charge in [0, 0.05) is 19.1 Å². The fourth-order valence-electron chi connectivity index (χ4n) is 2.73. The Labute approximate surface area is 92.3 Å². The van der Waals surface area contributed by atoms with E-state index >= 15 is 0 Å². The molecule has 0 aromatic rings. The Hall–Kier alpha value is -0.120. The molecule has 3 nitrogen and oxygen atoms in total. The number of hydrogen-bond donors (Lipinski definition) is 1. The zero-order valence-electron chi connectivity index (χ0n) is 9.71. The Morgan fingerprint density at radius 1 is 1.47 bits per heavy atom. The highest BCUT2D eigenvalue weighted by molar-refractivity contribution is 4.90. The van der Waals surface area contributed by atoms with E-state index in [1.807, 2.05) is 0 Å². The number of rotatable bonds is 4. The molecule has 2 rings (SSSR count). The van der Waals surface area contributed by atoms with Crippen molar-refractivity contribution in [2.24, 2.45) is 17.6 Å². The second kappa shape index (κ2) is 4.81. The molecule has 1 saturated carbocycles. The molecule has 2 aliphatic rings. The summed E-state index contributed by atoms with van der Waals surface area (Å²) in [7, 11) is 0. The smallest absolute Gasteiger partial charge is 0.0806 e. The van der Waals surface area contributed by atoms with Gasteiger partial charge in [0.1, 0.15) is 0 Å². The minimum atomic E-state index is -0.0119. The van der Waals surface area contributed by atoms with Gasteiger partial charge in [0.15, 0.2) is 0 Å². The standard InChI is InChI=1S/C12H23NO2/c1-10-2-4-12(6-10,9-13)15-8-11-3-5-14-7-11/h10-11H,2-9,13H2,1H3. The van der Waals surface area contributed by atoms with Crippen molar-refractivity contribution < 1.29 is 9.47 Å². The summed E-state index contributed by atoms with van der Waals surface area (Å²) >= 11 is 0. The van der Waals surface area contributed by atoms with Crippen LogP contribution in [0.15, 0.2) is 0 Å². The fraction of sp³-hybridized carbons (Fsp3) is 1.00. The van der Waals surface area contributed by atoms with Crippen LogP contribution in [0.3, 0.4) is 0 Å². The molecule has 1 aliphatic heterocycles. The first kappa shape index (κ1) is 11.4. The zero-order chi connectivity index (χ0) is 10.7. The van der Waals surface area contributed by atoms with Crippen molar-refractivity contribution in [3.8, 4) is 0 Å². The molecule has 2 N–H and O–H groups in total. The third kappa shape index (κ3) is 2.71. The van der Waals surface area contributed by atoms with E-state index in [9.17, 15) is 0 Å². The molecule has 1 aliphatic carbocycles. The van der Waals surface area contributed by atoms with Gasteiger partial charge in [0.05, 0.1) is 18.8 Å². The van der Waals surface area contributed by atoms with Crippen molar-refractivity contribution in [3.05, 3.63) is 0 Å². The molecule has 3 heteroatoms. The average molecular weight is 213 g/mol. The van der Waals surface area contributed by atoms with Gasteiger partial charge in [0.2, 0.25) is 0 Å². The molecule has 0 bridgehead atoms. The summed E-state index contributed by atoms with van der Waals surface area (Å²) in [4.78, 5) is 0. The molecule has 15 heavy (non-hydrogen) atoms. The summed E-state index contributed by atoms with van der Waals surface area (Å²) in [5.41, 5.74) is 5.85. The normalized spacial score (nSPS) is 41.2. The highest BCUT2D eigenvalue weighted by atomic mass is 16.5. The largest absolute Gasteiger partial charge is 0.381 e. The van der Waals surface area contributed by atoms with Gasteiger partial charge in [-0.25, -0.2) is 0 Å².